The van der Waals surface area contributed by atoms with E-state index in [0.717, 1.165) is 0 Å². The number of non-ortho nitro benzene ring substituents is 1. The molecule has 7 nitrogen and oxygen atoms in total. The first-order valence-electron chi connectivity index (χ1n) is 6.32. The quantitative estimate of drug-likeness (QED) is 0.591. The number of halogens is 1. The smallest absolute Gasteiger partial charge is 0.407 e. The molecule has 3 aromatic rings. The third-order valence-corrected chi connectivity index (χ3v) is 3.16. The number of nitro groups is 1. The Bertz CT molecular complexity index is 916. The summed E-state index contributed by atoms with van der Waals surface area (Å²) >= 11 is 0. The van der Waals surface area contributed by atoms with E-state index in [2.05, 4.69) is 5.32 Å². The molecule has 0 saturated heterocycles. The minimum absolute atomic E-state index is 0.0232. The van der Waals surface area contributed by atoms with E-state index >= 15 is 0 Å². The van der Waals surface area contributed by atoms with Gasteiger partial charge in [0.15, 0.2) is 5.58 Å². The second-order valence-electron chi connectivity index (χ2n) is 4.52. The Balaban J connectivity index is 1.94. The highest BCUT2D eigenvalue weighted by Crippen LogP contribution is 2.20. The van der Waals surface area contributed by atoms with Gasteiger partial charge in [-0.15, -0.1) is 0 Å². The maximum absolute atomic E-state index is 13.5. The fourth-order valence-electron chi connectivity index (χ4n) is 2.09. The summed E-state index contributed by atoms with van der Waals surface area (Å²) in [7, 11) is 0. The summed E-state index contributed by atoms with van der Waals surface area (Å²) in [5.74, 6) is -1.13. The van der Waals surface area contributed by atoms with Crippen molar-refractivity contribution in [3.8, 4) is 0 Å². The highest BCUT2D eigenvalue weighted by Gasteiger charge is 2.14. The van der Waals surface area contributed by atoms with Gasteiger partial charge in [-0.25, -0.2) is 9.18 Å². The average molecular weight is 303 g/mol. The molecule has 22 heavy (non-hydrogen) atoms. The van der Waals surface area contributed by atoms with E-state index in [1.54, 1.807) is 12.1 Å². The van der Waals surface area contributed by atoms with Crippen LogP contribution in [0.1, 0.15) is 0 Å². The molecule has 0 radical (unpaired) electrons. The van der Waals surface area contributed by atoms with Crippen LogP contribution in [0.5, 0.6) is 0 Å². The topological polar surface area (TPSA) is 90.3 Å². The SMILES string of the molecule is O=c1oc2cc([N+](=O)[O-])ccc2n1CNc1ccccc1F. The van der Waals surface area contributed by atoms with Crippen molar-refractivity contribution in [2.75, 3.05) is 5.32 Å². The number of nitrogens with zero attached hydrogens (tertiary/aromatic N) is 2. The Kier molecular flexibility index (Phi) is 3.34. The van der Waals surface area contributed by atoms with E-state index in [1.807, 2.05) is 0 Å². The number of hydrogen-bond acceptors (Lipinski definition) is 5. The van der Waals surface area contributed by atoms with Crippen molar-refractivity contribution in [2.45, 2.75) is 6.67 Å². The maximum atomic E-state index is 13.5. The normalized spacial score (nSPS) is 10.8. The van der Waals surface area contributed by atoms with Crippen LogP contribution in [0.3, 0.4) is 0 Å². The number of aromatic nitrogens is 1. The zero-order valence-corrected chi connectivity index (χ0v) is 11.2. The van der Waals surface area contributed by atoms with Crippen LogP contribution in [-0.2, 0) is 6.67 Å². The number of para-hydroxylation sites is 1. The van der Waals surface area contributed by atoms with Crippen molar-refractivity contribution in [2.24, 2.45) is 0 Å². The van der Waals surface area contributed by atoms with Crippen LogP contribution < -0.4 is 11.1 Å². The molecule has 0 aliphatic rings. The van der Waals surface area contributed by atoms with Crippen molar-refractivity contribution in [1.82, 2.24) is 4.57 Å². The van der Waals surface area contributed by atoms with Crippen molar-refractivity contribution in [3.05, 3.63) is 68.9 Å². The standard InChI is InChI=1S/C14H10FN3O4/c15-10-3-1-2-4-11(10)16-8-17-12-6-5-9(18(20)21)7-13(12)22-14(17)19/h1-7,16H,8H2. The molecule has 112 valence electrons. The number of nitro benzene ring substituents is 1. The molecule has 0 aliphatic heterocycles. The highest BCUT2D eigenvalue weighted by molar-refractivity contribution is 5.75. The Labute approximate surface area is 122 Å². The van der Waals surface area contributed by atoms with Crippen LogP contribution in [0, 0.1) is 15.9 Å². The fraction of sp³-hybridized carbons (Fsp3) is 0.0714. The predicted molar refractivity (Wildman–Crippen MR) is 77.2 cm³/mol. The van der Waals surface area contributed by atoms with Gasteiger partial charge in [-0.3, -0.25) is 14.7 Å². The van der Waals surface area contributed by atoms with Gasteiger partial charge in [0.1, 0.15) is 5.82 Å². The molecule has 0 atom stereocenters. The number of rotatable bonds is 4. The van der Waals surface area contributed by atoms with E-state index in [1.165, 1.54) is 34.9 Å². The summed E-state index contributed by atoms with van der Waals surface area (Å²) in [5.41, 5.74) is 0.565. The minimum atomic E-state index is -0.681. The number of hydrogen-bond donors (Lipinski definition) is 1. The van der Waals surface area contributed by atoms with Gasteiger partial charge in [0.05, 0.1) is 28.9 Å². The van der Waals surface area contributed by atoms with E-state index in [4.69, 9.17) is 4.42 Å². The summed E-state index contributed by atoms with van der Waals surface area (Å²) in [5, 5.41) is 13.5. The summed E-state index contributed by atoms with van der Waals surface area (Å²) in [6.45, 7) is -0.0232. The van der Waals surface area contributed by atoms with Gasteiger partial charge >= 0.3 is 5.76 Å². The number of nitrogens with one attached hydrogen (secondary N) is 1. The summed E-state index contributed by atoms with van der Waals surface area (Å²) in [6.07, 6.45) is 0. The lowest BCUT2D eigenvalue weighted by molar-refractivity contribution is -0.384. The molecule has 0 saturated carbocycles. The van der Waals surface area contributed by atoms with Gasteiger partial charge in [0.2, 0.25) is 0 Å². The molecule has 0 amide bonds. The van der Waals surface area contributed by atoms with E-state index in [-0.39, 0.29) is 23.6 Å². The second kappa shape index (κ2) is 5.32. The van der Waals surface area contributed by atoms with Gasteiger partial charge in [-0.2, -0.15) is 0 Å². The molecular formula is C14H10FN3O4. The lowest BCUT2D eigenvalue weighted by Crippen LogP contribution is -2.19. The van der Waals surface area contributed by atoms with Gasteiger partial charge in [0.25, 0.3) is 5.69 Å². The molecule has 0 spiro atoms. The minimum Gasteiger partial charge on any atom is -0.407 e. The Morgan fingerprint density at radius 2 is 2.05 bits per heavy atom. The van der Waals surface area contributed by atoms with Crippen LogP contribution in [0.15, 0.2) is 51.7 Å². The van der Waals surface area contributed by atoms with Gasteiger partial charge in [-0.05, 0) is 18.2 Å². The summed E-state index contributed by atoms with van der Waals surface area (Å²) in [4.78, 5) is 22.0. The molecule has 0 bridgehead atoms. The molecule has 1 aromatic heterocycles. The molecule has 0 unspecified atom stereocenters. The Morgan fingerprint density at radius 1 is 1.27 bits per heavy atom. The Morgan fingerprint density at radius 3 is 2.77 bits per heavy atom. The highest BCUT2D eigenvalue weighted by atomic mass is 19.1. The van der Waals surface area contributed by atoms with Gasteiger partial charge in [0, 0.05) is 6.07 Å². The molecule has 0 aliphatic carbocycles. The van der Waals surface area contributed by atoms with Crippen LogP contribution in [0.2, 0.25) is 0 Å². The maximum Gasteiger partial charge on any atom is 0.421 e. The van der Waals surface area contributed by atoms with Crippen molar-refractivity contribution >= 4 is 22.5 Å². The molecule has 1 heterocycles. The van der Waals surface area contributed by atoms with Crippen LogP contribution in [-0.4, -0.2) is 9.49 Å². The first-order chi connectivity index (χ1) is 10.6. The molecule has 3 rings (SSSR count). The zero-order valence-electron chi connectivity index (χ0n) is 11.2. The summed E-state index contributed by atoms with van der Waals surface area (Å²) in [6, 6.07) is 9.91. The summed E-state index contributed by atoms with van der Waals surface area (Å²) < 4.78 is 19.7. The monoisotopic (exact) mass is 303 g/mol. The van der Waals surface area contributed by atoms with E-state index in [9.17, 15) is 19.3 Å². The first-order valence-corrected chi connectivity index (χ1v) is 6.32. The number of benzene rings is 2. The van der Waals surface area contributed by atoms with Crippen LogP contribution in [0.25, 0.3) is 11.1 Å². The van der Waals surface area contributed by atoms with Crippen molar-refractivity contribution in [1.29, 1.82) is 0 Å². The predicted octanol–water partition coefficient (Wildman–Crippen LogP) is 2.71. The van der Waals surface area contributed by atoms with Gasteiger partial charge < -0.3 is 9.73 Å². The molecule has 8 heteroatoms. The number of oxazole rings is 1. The second-order valence-corrected chi connectivity index (χ2v) is 4.52. The fourth-order valence-corrected chi connectivity index (χ4v) is 2.09. The zero-order chi connectivity index (χ0) is 15.7. The lowest BCUT2D eigenvalue weighted by atomic mass is 10.3. The third kappa shape index (κ3) is 2.41. The molecule has 1 N–H and O–H groups in total. The van der Waals surface area contributed by atoms with Crippen LogP contribution >= 0.6 is 0 Å². The lowest BCUT2D eigenvalue weighted by Gasteiger charge is -2.07. The van der Waals surface area contributed by atoms with Gasteiger partial charge in [-0.1, -0.05) is 12.1 Å². The van der Waals surface area contributed by atoms with Crippen molar-refractivity contribution in [3.63, 3.8) is 0 Å². The molecule has 0 fully saturated rings. The van der Waals surface area contributed by atoms with E-state index < -0.39 is 16.5 Å². The molecule has 2 aromatic carbocycles. The third-order valence-electron chi connectivity index (χ3n) is 3.16. The number of anilines is 1. The van der Waals surface area contributed by atoms with E-state index in [0.29, 0.717) is 5.52 Å². The average Bonchev–Trinajstić information content (AvgIpc) is 2.81. The Hall–Kier alpha value is -3.16. The van der Waals surface area contributed by atoms with Crippen LogP contribution in [0.4, 0.5) is 15.8 Å². The first kappa shape index (κ1) is 13.8. The van der Waals surface area contributed by atoms with Crippen molar-refractivity contribution < 1.29 is 13.7 Å². The number of fused-ring (bicyclic) bond motifs is 1. The molecular weight excluding hydrogens is 293 g/mol. The largest absolute Gasteiger partial charge is 0.421 e.